The number of carboxylic acid groups (broad SMARTS) is 1. The van der Waals surface area contributed by atoms with Crippen molar-refractivity contribution in [2.24, 2.45) is 0 Å². The van der Waals surface area contributed by atoms with Gasteiger partial charge in [-0.1, -0.05) is 24.6 Å². The number of carbonyl (C=O) groups is 2. The summed E-state index contributed by atoms with van der Waals surface area (Å²) in [5.74, 6) is -0.652. The van der Waals surface area contributed by atoms with E-state index in [-0.39, 0.29) is 12.3 Å². The van der Waals surface area contributed by atoms with Crippen LogP contribution in [0.5, 0.6) is 0 Å². The standard InChI is InChI=1S/C16H19NO4/c1-11-12-7-4-5-8-13(12)21-15(11)16(20)17-10-6-2-3-9-14(18)19/h4-5,7-8H,2-3,6,9-10H2,1H3,(H,17,20)(H,18,19). The zero-order chi connectivity index (χ0) is 15.2. The quantitative estimate of drug-likeness (QED) is 0.767. The minimum Gasteiger partial charge on any atom is -0.481 e. The lowest BCUT2D eigenvalue weighted by molar-refractivity contribution is -0.137. The highest BCUT2D eigenvalue weighted by molar-refractivity contribution is 5.98. The minimum atomic E-state index is -0.781. The summed E-state index contributed by atoms with van der Waals surface area (Å²) in [6, 6.07) is 7.55. The highest BCUT2D eigenvalue weighted by Gasteiger charge is 2.16. The molecule has 112 valence electrons. The summed E-state index contributed by atoms with van der Waals surface area (Å²) in [6.45, 7) is 2.39. The first-order valence-corrected chi connectivity index (χ1v) is 7.07. The Kier molecular flexibility index (Phi) is 4.98. The Balaban J connectivity index is 1.85. The van der Waals surface area contributed by atoms with Gasteiger partial charge < -0.3 is 14.8 Å². The summed E-state index contributed by atoms with van der Waals surface area (Å²) < 4.78 is 5.58. The van der Waals surface area contributed by atoms with E-state index in [0.717, 1.165) is 23.8 Å². The number of amides is 1. The van der Waals surface area contributed by atoms with Gasteiger partial charge in [0.1, 0.15) is 5.58 Å². The van der Waals surface area contributed by atoms with Gasteiger partial charge in [0.2, 0.25) is 0 Å². The van der Waals surface area contributed by atoms with Crippen LogP contribution in [0.1, 0.15) is 41.8 Å². The van der Waals surface area contributed by atoms with Crippen molar-refractivity contribution in [1.82, 2.24) is 5.32 Å². The van der Waals surface area contributed by atoms with E-state index >= 15 is 0 Å². The molecular weight excluding hydrogens is 270 g/mol. The molecule has 2 rings (SSSR count). The molecule has 0 aliphatic rings. The first kappa shape index (κ1) is 15.1. The van der Waals surface area contributed by atoms with E-state index in [4.69, 9.17) is 9.52 Å². The van der Waals surface area contributed by atoms with Gasteiger partial charge >= 0.3 is 5.97 Å². The second-order valence-corrected chi connectivity index (χ2v) is 5.01. The molecule has 1 aromatic carbocycles. The lowest BCUT2D eigenvalue weighted by atomic mass is 10.1. The van der Waals surface area contributed by atoms with E-state index in [0.29, 0.717) is 24.3 Å². The maximum Gasteiger partial charge on any atom is 0.303 e. The van der Waals surface area contributed by atoms with Gasteiger partial charge in [-0.3, -0.25) is 9.59 Å². The average Bonchev–Trinajstić information content (AvgIpc) is 2.80. The van der Waals surface area contributed by atoms with E-state index in [2.05, 4.69) is 5.32 Å². The molecule has 0 unspecified atom stereocenters. The number of aliphatic carboxylic acids is 1. The predicted molar refractivity (Wildman–Crippen MR) is 79.4 cm³/mol. The number of aryl methyl sites for hydroxylation is 1. The minimum absolute atomic E-state index is 0.177. The van der Waals surface area contributed by atoms with Crippen LogP contribution in [0.25, 0.3) is 11.0 Å². The molecule has 5 nitrogen and oxygen atoms in total. The van der Waals surface area contributed by atoms with Crippen molar-refractivity contribution >= 4 is 22.8 Å². The van der Waals surface area contributed by atoms with Crippen molar-refractivity contribution in [3.63, 3.8) is 0 Å². The smallest absolute Gasteiger partial charge is 0.303 e. The molecule has 0 atom stereocenters. The first-order valence-electron chi connectivity index (χ1n) is 7.07. The lowest BCUT2D eigenvalue weighted by Gasteiger charge is -2.03. The summed E-state index contributed by atoms with van der Waals surface area (Å²) in [4.78, 5) is 22.4. The van der Waals surface area contributed by atoms with Gasteiger partial charge in [-0.15, -0.1) is 0 Å². The molecule has 1 heterocycles. The SMILES string of the molecule is Cc1c(C(=O)NCCCCCC(=O)O)oc2ccccc12. The van der Waals surface area contributed by atoms with Crippen LogP contribution in [-0.4, -0.2) is 23.5 Å². The van der Waals surface area contributed by atoms with Crippen LogP contribution in [0.2, 0.25) is 0 Å². The molecule has 0 saturated carbocycles. The Hall–Kier alpha value is -2.30. The highest BCUT2D eigenvalue weighted by Crippen LogP contribution is 2.24. The zero-order valence-electron chi connectivity index (χ0n) is 12.0. The van der Waals surface area contributed by atoms with Gasteiger partial charge in [-0.05, 0) is 25.8 Å². The van der Waals surface area contributed by atoms with Gasteiger partial charge in [0.25, 0.3) is 5.91 Å². The fourth-order valence-corrected chi connectivity index (χ4v) is 2.25. The van der Waals surface area contributed by atoms with Crippen LogP contribution >= 0.6 is 0 Å². The number of nitrogens with one attached hydrogen (secondary N) is 1. The molecule has 0 fully saturated rings. The number of carboxylic acids is 1. The Labute approximate surface area is 122 Å². The number of fused-ring (bicyclic) bond motifs is 1. The largest absolute Gasteiger partial charge is 0.481 e. The Morgan fingerprint density at radius 2 is 1.95 bits per heavy atom. The van der Waals surface area contributed by atoms with Crippen molar-refractivity contribution in [3.05, 3.63) is 35.6 Å². The molecule has 0 aliphatic carbocycles. The second-order valence-electron chi connectivity index (χ2n) is 5.01. The third-order valence-corrected chi connectivity index (χ3v) is 3.40. The Morgan fingerprint density at radius 1 is 1.19 bits per heavy atom. The first-order chi connectivity index (χ1) is 10.1. The molecule has 5 heteroatoms. The predicted octanol–water partition coefficient (Wildman–Crippen LogP) is 3.12. The topological polar surface area (TPSA) is 79.5 Å². The van der Waals surface area contributed by atoms with Crippen LogP contribution < -0.4 is 5.32 Å². The van der Waals surface area contributed by atoms with E-state index < -0.39 is 5.97 Å². The van der Waals surface area contributed by atoms with Crippen LogP contribution in [-0.2, 0) is 4.79 Å². The van der Waals surface area contributed by atoms with Crippen LogP contribution in [0.4, 0.5) is 0 Å². The van der Waals surface area contributed by atoms with Crippen molar-refractivity contribution < 1.29 is 19.1 Å². The number of furan rings is 1. The van der Waals surface area contributed by atoms with E-state index in [1.807, 2.05) is 31.2 Å². The fourth-order valence-electron chi connectivity index (χ4n) is 2.25. The van der Waals surface area contributed by atoms with Crippen molar-refractivity contribution in [1.29, 1.82) is 0 Å². The molecule has 0 radical (unpaired) electrons. The number of carbonyl (C=O) groups excluding carboxylic acids is 1. The Bertz CT molecular complexity index is 645. The summed E-state index contributed by atoms with van der Waals surface area (Å²) in [7, 11) is 0. The van der Waals surface area contributed by atoms with E-state index in [9.17, 15) is 9.59 Å². The summed E-state index contributed by atoms with van der Waals surface area (Å²) in [5.41, 5.74) is 1.55. The molecule has 0 aliphatic heterocycles. The summed E-state index contributed by atoms with van der Waals surface area (Å²) in [5, 5.41) is 12.3. The van der Waals surface area contributed by atoms with E-state index in [1.165, 1.54) is 0 Å². The third-order valence-electron chi connectivity index (χ3n) is 3.40. The van der Waals surface area contributed by atoms with Crippen LogP contribution in [0.15, 0.2) is 28.7 Å². The maximum atomic E-state index is 12.1. The number of benzene rings is 1. The lowest BCUT2D eigenvalue weighted by Crippen LogP contribution is -2.24. The van der Waals surface area contributed by atoms with Crippen molar-refractivity contribution in [2.75, 3.05) is 6.54 Å². The number of hydrogen-bond acceptors (Lipinski definition) is 3. The summed E-state index contributed by atoms with van der Waals surface area (Å²) >= 11 is 0. The number of para-hydroxylation sites is 1. The van der Waals surface area contributed by atoms with Crippen molar-refractivity contribution in [3.8, 4) is 0 Å². The molecule has 1 amide bonds. The third kappa shape index (κ3) is 3.84. The van der Waals surface area contributed by atoms with Gasteiger partial charge in [-0.25, -0.2) is 0 Å². The summed E-state index contributed by atoms with van der Waals surface area (Å²) in [6.07, 6.45) is 2.36. The monoisotopic (exact) mass is 289 g/mol. The molecule has 0 spiro atoms. The second kappa shape index (κ2) is 6.92. The number of unbranched alkanes of at least 4 members (excludes halogenated alkanes) is 2. The zero-order valence-corrected chi connectivity index (χ0v) is 12.0. The molecule has 2 aromatic rings. The van der Waals surface area contributed by atoms with Gasteiger partial charge in [0, 0.05) is 23.9 Å². The normalized spacial score (nSPS) is 10.7. The molecule has 0 saturated heterocycles. The number of hydrogen-bond donors (Lipinski definition) is 2. The molecule has 1 aromatic heterocycles. The molecule has 0 bridgehead atoms. The Morgan fingerprint density at radius 3 is 2.67 bits per heavy atom. The maximum absolute atomic E-state index is 12.1. The fraction of sp³-hybridized carbons (Fsp3) is 0.375. The van der Waals surface area contributed by atoms with Crippen molar-refractivity contribution in [2.45, 2.75) is 32.6 Å². The van der Waals surface area contributed by atoms with Crippen LogP contribution in [0, 0.1) is 6.92 Å². The molecule has 21 heavy (non-hydrogen) atoms. The van der Waals surface area contributed by atoms with Gasteiger partial charge in [0.05, 0.1) is 0 Å². The van der Waals surface area contributed by atoms with Gasteiger partial charge in [0.15, 0.2) is 5.76 Å². The van der Waals surface area contributed by atoms with Gasteiger partial charge in [-0.2, -0.15) is 0 Å². The van der Waals surface area contributed by atoms with Crippen LogP contribution in [0.3, 0.4) is 0 Å². The number of rotatable bonds is 7. The average molecular weight is 289 g/mol. The molecular formula is C16H19NO4. The van der Waals surface area contributed by atoms with E-state index in [1.54, 1.807) is 0 Å². The highest BCUT2D eigenvalue weighted by atomic mass is 16.4. The molecule has 2 N–H and O–H groups in total.